The Morgan fingerprint density at radius 1 is 0.765 bits per heavy atom. The number of aromatic nitrogens is 1. The largest absolute Gasteiger partial charge is 0.311 e. The van der Waals surface area contributed by atoms with E-state index in [1.54, 1.807) is 42.6 Å². The Balaban J connectivity index is 2.16. The molecule has 0 spiro atoms. The van der Waals surface area contributed by atoms with Gasteiger partial charge in [-0.2, -0.15) is 0 Å². The van der Waals surface area contributed by atoms with Gasteiger partial charge in [0.15, 0.2) is 19.7 Å². The maximum absolute atomic E-state index is 13.7. The number of fused-ring (bicyclic) bond motifs is 1. The molecule has 0 aliphatic rings. The summed E-state index contributed by atoms with van der Waals surface area (Å²) >= 11 is 0. The van der Waals surface area contributed by atoms with Gasteiger partial charge in [0.1, 0.15) is 15.5 Å². The Bertz CT molecular complexity index is 1600. The highest BCUT2D eigenvalue weighted by atomic mass is 32.2. The normalized spacial score (nSPS) is 12.2. The molecule has 0 N–H and O–H groups in total. The van der Waals surface area contributed by atoms with Crippen LogP contribution >= 0.6 is 0 Å². The number of carbonyl (C=O) groups excluding carboxylic acids is 1. The lowest BCUT2D eigenvalue weighted by Crippen LogP contribution is -2.15. The molecule has 2 aromatic carbocycles. The van der Waals surface area contributed by atoms with Crippen LogP contribution in [-0.4, -0.2) is 38.5 Å². The Labute approximate surface area is 199 Å². The molecule has 8 heteroatoms. The van der Waals surface area contributed by atoms with Crippen LogP contribution in [0.3, 0.4) is 0 Å². The second kappa shape index (κ2) is 8.85. The van der Waals surface area contributed by atoms with Gasteiger partial charge in [-0.25, -0.2) is 16.8 Å². The zero-order valence-electron chi connectivity index (χ0n) is 19.1. The lowest BCUT2D eigenvalue weighted by molar-refractivity contribution is 0.103. The minimum Gasteiger partial charge on any atom is -0.311 e. The van der Waals surface area contributed by atoms with Crippen LogP contribution in [0, 0.1) is 6.92 Å². The van der Waals surface area contributed by atoms with Gasteiger partial charge in [-0.1, -0.05) is 74.0 Å². The summed E-state index contributed by atoms with van der Waals surface area (Å²) in [7, 11) is -8.08. The van der Waals surface area contributed by atoms with Crippen molar-refractivity contribution in [3.63, 3.8) is 0 Å². The van der Waals surface area contributed by atoms with Crippen molar-refractivity contribution in [1.29, 1.82) is 0 Å². The lowest BCUT2D eigenvalue weighted by Gasteiger charge is -2.08. The molecule has 0 saturated heterocycles. The van der Waals surface area contributed by atoms with Crippen molar-refractivity contribution in [3.05, 3.63) is 89.7 Å². The summed E-state index contributed by atoms with van der Waals surface area (Å²) in [6.07, 6.45) is 1.57. The van der Waals surface area contributed by atoms with Crippen LogP contribution in [-0.2, 0) is 19.7 Å². The van der Waals surface area contributed by atoms with Crippen LogP contribution in [0.25, 0.3) is 16.6 Å². The Morgan fingerprint density at radius 3 is 1.94 bits per heavy atom. The first-order valence-electron chi connectivity index (χ1n) is 10.9. The number of benzene rings is 2. The van der Waals surface area contributed by atoms with Gasteiger partial charge in [-0.05, 0) is 30.2 Å². The van der Waals surface area contributed by atoms with Gasteiger partial charge >= 0.3 is 0 Å². The fourth-order valence-electron chi connectivity index (χ4n) is 3.95. The van der Waals surface area contributed by atoms with E-state index in [2.05, 4.69) is 0 Å². The van der Waals surface area contributed by atoms with Crippen molar-refractivity contribution in [1.82, 2.24) is 4.40 Å². The molecule has 0 aliphatic carbocycles. The fourth-order valence-corrected chi connectivity index (χ4v) is 7.01. The van der Waals surface area contributed by atoms with Crippen LogP contribution in [0.1, 0.15) is 35.5 Å². The van der Waals surface area contributed by atoms with E-state index in [1.165, 1.54) is 18.2 Å². The van der Waals surface area contributed by atoms with Crippen molar-refractivity contribution in [2.24, 2.45) is 0 Å². The summed E-state index contributed by atoms with van der Waals surface area (Å²) in [4.78, 5) is 12.9. The number of nitrogens with zero attached hydrogens (tertiary/aromatic N) is 1. The van der Waals surface area contributed by atoms with Crippen LogP contribution < -0.4 is 0 Å². The highest BCUT2D eigenvalue weighted by Gasteiger charge is 2.36. The van der Waals surface area contributed by atoms with E-state index in [1.807, 2.05) is 37.3 Å². The number of carbonyl (C=O) groups is 1. The highest BCUT2D eigenvalue weighted by molar-refractivity contribution is 7.94. The first-order valence-corrected chi connectivity index (χ1v) is 14.2. The summed E-state index contributed by atoms with van der Waals surface area (Å²) in [5.41, 5.74) is 2.80. The van der Waals surface area contributed by atoms with E-state index >= 15 is 0 Å². The average Bonchev–Trinajstić information content (AvgIpc) is 3.21. The number of pyridine rings is 1. The number of rotatable bonds is 7. The Hall–Kier alpha value is -3.23. The van der Waals surface area contributed by atoms with Gasteiger partial charge in [0, 0.05) is 11.8 Å². The van der Waals surface area contributed by atoms with E-state index in [9.17, 15) is 21.6 Å². The standard InChI is InChI=1S/C26H25NO5S2/c1-4-33(29,30)25-22-17-21(19-9-7-6-8-10-19)15-16-27(22)23(26(25)34(31,32)5-2)24(28)20-13-11-18(3)12-14-20/h6-17H,4-5H2,1-3H3. The number of sulfone groups is 2. The van der Waals surface area contributed by atoms with Crippen molar-refractivity contribution in [2.75, 3.05) is 11.5 Å². The molecule has 0 bridgehead atoms. The number of hydrogen-bond acceptors (Lipinski definition) is 5. The molecule has 2 aromatic heterocycles. The molecule has 0 amide bonds. The molecule has 0 saturated carbocycles. The SMILES string of the molecule is CCS(=O)(=O)c1c(S(=O)(=O)CC)c2cc(-c3ccccc3)ccn2c1C(=O)c1ccc(C)cc1. The summed E-state index contributed by atoms with van der Waals surface area (Å²) in [5, 5.41) is 0. The summed E-state index contributed by atoms with van der Waals surface area (Å²) in [5.74, 6) is -1.19. The highest BCUT2D eigenvalue weighted by Crippen LogP contribution is 2.36. The van der Waals surface area contributed by atoms with Crippen LogP contribution in [0.5, 0.6) is 0 Å². The fraction of sp³-hybridized carbons (Fsp3) is 0.192. The summed E-state index contributed by atoms with van der Waals surface area (Å²) in [6.45, 7) is 4.78. The maximum Gasteiger partial charge on any atom is 0.211 e. The predicted octanol–water partition coefficient (Wildman–Crippen LogP) is 4.73. The minimum absolute atomic E-state index is 0.160. The molecule has 0 radical (unpaired) electrons. The molecule has 0 fully saturated rings. The third kappa shape index (κ3) is 4.08. The van der Waals surface area contributed by atoms with Crippen LogP contribution in [0.2, 0.25) is 0 Å². The molecule has 0 aliphatic heterocycles. The topological polar surface area (TPSA) is 89.8 Å². The van der Waals surface area contributed by atoms with Gasteiger partial charge in [-0.3, -0.25) is 4.79 Å². The summed E-state index contributed by atoms with van der Waals surface area (Å²) < 4.78 is 54.5. The third-order valence-electron chi connectivity index (χ3n) is 5.87. The molecule has 0 atom stereocenters. The minimum atomic E-state index is -4.07. The molecule has 4 aromatic rings. The number of hydrogen-bond donors (Lipinski definition) is 0. The molecule has 176 valence electrons. The van der Waals surface area contributed by atoms with E-state index in [0.717, 1.165) is 11.1 Å². The predicted molar refractivity (Wildman–Crippen MR) is 133 cm³/mol. The molecule has 0 unspecified atom stereocenters. The van der Waals surface area contributed by atoms with E-state index in [4.69, 9.17) is 0 Å². The maximum atomic E-state index is 13.7. The van der Waals surface area contributed by atoms with E-state index < -0.39 is 30.4 Å². The van der Waals surface area contributed by atoms with E-state index in [-0.39, 0.29) is 33.2 Å². The smallest absolute Gasteiger partial charge is 0.211 e. The van der Waals surface area contributed by atoms with Gasteiger partial charge in [-0.15, -0.1) is 0 Å². The zero-order chi connectivity index (χ0) is 24.7. The van der Waals surface area contributed by atoms with Crippen molar-refractivity contribution in [3.8, 4) is 11.1 Å². The first-order chi connectivity index (χ1) is 16.1. The molecule has 6 nitrogen and oxygen atoms in total. The second-order valence-corrected chi connectivity index (χ2v) is 12.5. The number of ketones is 1. The van der Waals surface area contributed by atoms with Crippen molar-refractivity contribution < 1.29 is 21.6 Å². The Kier molecular flexibility index (Phi) is 6.22. The third-order valence-corrected chi connectivity index (χ3v) is 9.57. The Morgan fingerprint density at radius 2 is 1.35 bits per heavy atom. The first kappa shape index (κ1) is 23.9. The zero-order valence-corrected chi connectivity index (χ0v) is 20.8. The monoisotopic (exact) mass is 495 g/mol. The second-order valence-electron chi connectivity index (χ2n) is 8.05. The molecule has 2 heterocycles. The van der Waals surface area contributed by atoms with Gasteiger partial charge in [0.05, 0.1) is 17.0 Å². The summed E-state index contributed by atoms with van der Waals surface area (Å²) in [6, 6.07) is 19.5. The van der Waals surface area contributed by atoms with Crippen LogP contribution in [0.15, 0.2) is 82.7 Å². The van der Waals surface area contributed by atoms with Gasteiger partial charge in [0.2, 0.25) is 5.78 Å². The van der Waals surface area contributed by atoms with Crippen molar-refractivity contribution in [2.45, 2.75) is 30.6 Å². The molecular formula is C26H25NO5S2. The molecule has 4 rings (SSSR count). The molecular weight excluding hydrogens is 470 g/mol. The van der Waals surface area contributed by atoms with Crippen LogP contribution in [0.4, 0.5) is 0 Å². The quantitative estimate of drug-likeness (QED) is 0.346. The van der Waals surface area contributed by atoms with E-state index in [0.29, 0.717) is 5.56 Å². The van der Waals surface area contributed by atoms with Gasteiger partial charge in [0.25, 0.3) is 0 Å². The molecule has 34 heavy (non-hydrogen) atoms. The number of aryl methyl sites for hydroxylation is 1. The average molecular weight is 496 g/mol. The van der Waals surface area contributed by atoms with Crippen molar-refractivity contribution >= 4 is 31.0 Å². The van der Waals surface area contributed by atoms with Gasteiger partial charge < -0.3 is 4.40 Å². The lowest BCUT2D eigenvalue weighted by atomic mass is 10.1.